The molecule has 2 aromatic rings. The van der Waals surface area contributed by atoms with Crippen LogP contribution in [-0.4, -0.2) is 51.9 Å². The number of carbonyl (C=O) groups is 1. The standard InChI is InChI=1S/C23H27FN4O2/c1-17-16-30-21-8-7-19(24)14-20(21)23(29)28(17)13-3-2-11-27-12-4-6-18(15-27)22-25-9-5-10-26-22/h5,7-10,14,16,18H,2-4,6,11-13,15H2,1H3. The molecular formula is C23H27FN4O2. The van der Waals surface area contributed by atoms with Crippen LogP contribution in [0.2, 0.25) is 0 Å². The van der Waals surface area contributed by atoms with Gasteiger partial charge in [0.25, 0.3) is 5.91 Å². The van der Waals surface area contributed by atoms with Crippen LogP contribution < -0.4 is 4.74 Å². The van der Waals surface area contributed by atoms with Crippen LogP contribution >= 0.6 is 0 Å². The van der Waals surface area contributed by atoms with E-state index in [4.69, 9.17) is 4.74 Å². The minimum atomic E-state index is -0.438. The smallest absolute Gasteiger partial charge is 0.262 e. The van der Waals surface area contributed by atoms with Gasteiger partial charge in [0.05, 0.1) is 11.3 Å². The zero-order chi connectivity index (χ0) is 20.9. The lowest BCUT2D eigenvalue weighted by atomic mass is 9.97. The van der Waals surface area contributed by atoms with Crippen LogP contribution in [0.5, 0.6) is 5.75 Å². The number of ether oxygens (including phenoxy) is 1. The maximum Gasteiger partial charge on any atom is 0.262 e. The molecule has 0 saturated carbocycles. The Balaban J connectivity index is 1.30. The molecule has 0 bridgehead atoms. The number of hydrogen-bond acceptors (Lipinski definition) is 5. The highest BCUT2D eigenvalue weighted by molar-refractivity contribution is 5.98. The van der Waals surface area contributed by atoms with Crippen LogP contribution in [0.1, 0.15) is 54.7 Å². The van der Waals surface area contributed by atoms with Gasteiger partial charge in [-0.25, -0.2) is 14.4 Å². The van der Waals surface area contributed by atoms with E-state index in [-0.39, 0.29) is 11.5 Å². The fraction of sp³-hybridized carbons (Fsp3) is 0.435. The molecule has 2 aliphatic heterocycles. The average Bonchev–Trinajstić information content (AvgIpc) is 2.89. The van der Waals surface area contributed by atoms with Crippen molar-refractivity contribution in [1.29, 1.82) is 0 Å². The summed E-state index contributed by atoms with van der Waals surface area (Å²) in [5.41, 5.74) is 1.00. The van der Waals surface area contributed by atoms with Crippen molar-refractivity contribution in [2.75, 3.05) is 26.2 Å². The number of piperidine rings is 1. The molecule has 0 radical (unpaired) electrons. The molecule has 7 heteroatoms. The molecule has 1 atom stereocenters. The Labute approximate surface area is 176 Å². The monoisotopic (exact) mass is 410 g/mol. The van der Waals surface area contributed by atoms with Crippen molar-refractivity contribution in [2.45, 2.75) is 38.5 Å². The van der Waals surface area contributed by atoms with Gasteiger partial charge in [-0.2, -0.15) is 0 Å². The molecule has 1 aromatic heterocycles. The van der Waals surface area contributed by atoms with Crippen molar-refractivity contribution in [3.05, 3.63) is 65.8 Å². The molecule has 158 valence electrons. The summed E-state index contributed by atoms with van der Waals surface area (Å²) < 4.78 is 19.2. The quantitative estimate of drug-likeness (QED) is 0.675. The highest BCUT2D eigenvalue weighted by atomic mass is 19.1. The molecule has 6 nitrogen and oxygen atoms in total. The number of fused-ring (bicyclic) bond motifs is 1. The summed E-state index contributed by atoms with van der Waals surface area (Å²) in [4.78, 5) is 25.9. The van der Waals surface area contributed by atoms with Gasteiger partial charge in [0.15, 0.2) is 0 Å². The third-order valence-corrected chi connectivity index (χ3v) is 5.76. The minimum absolute atomic E-state index is 0.213. The van der Waals surface area contributed by atoms with Crippen LogP contribution in [0.3, 0.4) is 0 Å². The largest absolute Gasteiger partial charge is 0.462 e. The van der Waals surface area contributed by atoms with E-state index in [1.54, 1.807) is 11.2 Å². The summed E-state index contributed by atoms with van der Waals surface area (Å²) in [7, 11) is 0. The highest BCUT2D eigenvalue weighted by Crippen LogP contribution is 2.27. The van der Waals surface area contributed by atoms with E-state index in [1.165, 1.54) is 18.2 Å². The first-order valence-corrected chi connectivity index (χ1v) is 10.6. The number of carbonyl (C=O) groups excluding carboxylic acids is 1. The predicted octanol–water partition coefficient (Wildman–Crippen LogP) is 3.97. The zero-order valence-corrected chi connectivity index (χ0v) is 17.3. The van der Waals surface area contributed by atoms with Crippen molar-refractivity contribution >= 4 is 5.91 Å². The van der Waals surface area contributed by atoms with E-state index >= 15 is 0 Å². The number of benzene rings is 1. The number of hydrogen-bond donors (Lipinski definition) is 0. The van der Waals surface area contributed by atoms with Crippen molar-refractivity contribution in [3.63, 3.8) is 0 Å². The van der Waals surface area contributed by atoms with Gasteiger partial charge in [-0.15, -0.1) is 0 Å². The lowest BCUT2D eigenvalue weighted by Crippen LogP contribution is -2.36. The van der Waals surface area contributed by atoms with Gasteiger partial charge in [0.1, 0.15) is 23.7 Å². The van der Waals surface area contributed by atoms with Gasteiger partial charge in [-0.1, -0.05) is 0 Å². The lowest BCUT2D eigenvalue weighted by molar-refractivity contribution is 0.0803. The van der Waals surface area contributed by atoms with Gasteiger partial charge in [0, 0.05) is 31.4 Å². The Kier molecular flexibility index (Phi) is 6.38. The molecular weight excluding hydrogens is 383 g/mol. The fourth-order valence-electron chi connectivity index (χ4n) is 4.16. The SMILES string of the molecule is CC1=COc2ccc(F)cc2C(=O)N1CCCCN1CCCC(c2ncccn2)C1. The van der Waals surface area contributed by atoms with E-state index in [9.17, 15) is 9.18 Å². The maximum absolute atomic E-state index is 13.6. The maximum atomic E-state index is 13.6. The first-order valence-electron chi connectivity index (χ1n) is 10.6. The van der Waals surface area contributed by atoms with Crippen LogP contribution in [0, 0.1) is 5.82 Å². The van der Waals surface area contributed by atoms with E-state index in [0.29, 0.717) is 18.2 Å². The first-order chi connectivity index (χ1) is 14.6. The second kappa shape index (κ2) is 9.34. The average molecular weight is 410 g/mol. The fourth-order valence-corrected chi connectivity index (χ4v) is 4.16. The number of unbranched alkanes of at least 4 members (excludes halogenated alkanes) is 1. The summed E-state index contributed by atoms with van der Waals surface area (Å²) in [5.74, 6) is 1.07. The van der Waals surface area contributed by atoms with Gasteiger partial charge in [-0.3, -0.25) is 4.79 Å². The van der Waals surface area contributed by atoms with E-state index in [2.05, 4.69) is 14.9 Å². The Morgan fingerprint density at radius 2 is 2.00 bits per heavy atom. The third kappa shape index (κ3) is 4.67. The molecule has 1 aromatic carbocycles. The summed E-state index contributed by atoms with van der Waals surface area (Å²) in [6.07, 6.45) is 9.31. The molecule has 0 N–H and O–H groups in total. The van der Waals surface area contributed by atoms with Crippen LogP contribution in [0.15, 0.2) is 48.6 Å². The Morgan fingerprint density at radius 1 is 1.20 bits per heavy atom. The summed E-state index contributed by atoms with van der Waals surface area (Å²) in [5, 5.41) is 0. The van der Waals surface area contributed by atoms with Crippen LogP contribution in [0.4, 0.5) is 4.39 Å². The van der Waals surface area contributed by atoms with E-state index in [1.807, 2.05) is 25.4 Å². The van der Waals surface area contributed by atoms with Gasteiger partial charge in [0.2, 0.25) is 0 Å². The third-order valence-electron chi connectivity index (χ3n) is 5.76. The number of likely N-dealkylation sites (tertiary alicyclic amines) is 1. The van der Waals surface area contributed by atoms with Gasteiger partial charge < -0.3 is 14.5 Å². The van der Waals surface area contributed by atoms with E-state index < -0.39 is 5.82 Å². The molecule has 2 aliphatic rings. The number of aromatic nitrogens is 2. The number of allylic oxidation sites excluding steroid dienone is 1. The first kappa shape index (κ1) is 20.5. The Bertz CT molecular complexity index is 919. The molecule has 0 aliphatic carbocycles. The summed E-state index contributed by atoms with van der Waals surface area (Å²) >= 11 is 0. The topological polar surface area (TPSA) is 58.6 Å². The van der Waals surface area contributed by atoms with Gasteiger partial charge >= 0.3 is 0 Å². The minimum Gasteiger partial charge on any atom is -0.462 e. The molecule has 3 heterocycles. The number of nitrogens with zero attached hydrogens (tertiary/aromatic N) is 4. The Hall–Kier alpha value is -2.80. The van der Waals surface area contributed by atoms with E-state index in [0.717, 1.165) is 56.8 Å². The Morgan fingerprint density at radius 3 is 2.83 bits per heavy atom. The summed E-state index contributed by atoms with van der Waals surface area (Å²) in [6, 6.07) is 5.90. The normalized spacial score (nSPS) is 19.7. The van der Waals surface area contributed by atoms with Crippen LogP contribution in [0.25, 0.3) is 0 Å². The van der Waals surface area contributed by atoms with Crippen molar-refractivity contribution < 1.29 is 13.9 Å². The van der Waals surface area contributed by atoms with Crippen molar-refractivity contribution in [2.24, 2.45) is 0 Å². The van der Waals surface area contributed by atoms with Crippen molar-refractivity contribution in [3.8, 4) is 5.75 Å². The lowest BCUT2D eigenvalue weighted by Gasteiger charge is -2.32. The number of rotatable bonds is 6. The van der Waals surface area contributed by atoms with Gasteiger partial charge in [-0.05, 0) is 70.0 Å². The predicted molar refractivity (Wildman–Crippen MR) is 112 cm³/mol. The molecule has 0 spiro atoms. The van der Waals surface area contributed by atoms with Crippen LogP contribution in [-0.2, 0) is 0 Å². The number of halogens is 1. The second-order valence-electron chi connectivity index (χ2n) is 7.93. The second-order valence-corrected chi connectivity index (χ2v) is 7.93. The molecule has 1 unspecified atom stereocenters. The molecule has 1 fully saturated rings. The number of amides is 1. The molecule has 30 heavy (non-hydrogen) atoms. The summed E-state index contributed by atoms with van der Waals surface area (Å²) in [6.45, 7) is 5.47. The molecule has 1 amide bonds. The highest BCUT2D eigenvalue weighted by Gasteiger charge is 2.25. The molecule has 1 saturated heterocycles. The zero-order valence-electron chi connectivity index (χ0n) is 17.3. The van der Waals surface area contributed by atoms with Crippen molar-refractivity contribution in [1.82, 2.24) is 19.8 Å². The molecule has 4 rings (SSSR count).